The molecule has 0 N–H and O–H groups in total. The Labute approximate surface area is 311 Å². The zero-order chi connectivity index (χ0) is 34.6. The van der Waals surface area contributed by atoms with Crippen LogP contribution in [0.2, 0.25) is 13.1 Å². The van der Waals surface area contributed by atoms with Crippen LogP contribution in [0, 0.1) is 0 Å². The Kier molecular flexibility index (Phi) is 6.51. The zero-order valence-electron chi connectivity index (χ0n) is 28.9. The van der Waals surface area contributed by atoms with E-state index in [4.69, 9.17) is 0 Å². The van der Waals surface area contributed by atoms with Gasteiger partial charge < -0.3 is 4.90 Å². The lowest BCUT2D eigenvalue weighted by molar-refractivity contribution is 1.29. The van der Waals surface area contributed by atoms with Crippen LogP contribution in [0.5, 0.6) is 0 Å². The lowest BCUT2D eigenvalue weighted by Gasteiger charge is -2.28. The predicted molar refractivity (Wildman–Crippen MR) is 232 cm³/mol. The predicted octanol–water partition coefficient (Wildman–Crippen LogP) is 13.5. The molecule has 3 heterocycles. The summed E-state index contributed by atoms with van der Waals surface area (Å²) in [5.74, 6) is 0. The number of benzene rings is 8. The normalized spacial score (nSPS) is 13.3. The molecule has 2 aromatic heterocycles. The van der Waals surface area contributed by atoms with Crippen LogP contribution in [0.25, 0.3) is 73.4 Å². The molecule has 246 valence electrons. The highest BCUT2D eigenvalue weighted by Crippen LogP contribution is 2.45. The number of fused-ring (bicyclic) bond motifs is 11. The van der Waals surface area contributed by atoms with Crippen molar-refractivity contribution in [1.29, 1.82) is 0 Å². The van der Waals surface area contributed by atoms with E-state index in [2.05, 4.69) is 182 Å². The first kappa shape index (κ1) is 30.1. The fraction of sp³-hybridized carbons (Fsp3) is 0.0417. The summed E-state index contributed by atoms with van der Waals surface area (Å²) in [6.07, 6.45) is 0. The average molecular weight is 716 g/mol. The van der Waals surface area contributed by atoms with E-state index in [1.807, 2.05) is 22.7 Å². The third-order valence-corrected chi connectivity index (χ3v) is 17.0. The Balaban J connectivity index is 1.09. The molecule has 1 aliphatic rings. The fourth-order valence-corrected chi connectivity index (χ4v) is 14.0. The van der Waals surface area contributed by atoms with E-state index >= 15 is 0 Å². The number of hydrogen-bond acceptors (Lipinski definition) is 3. The van der Waals surface area contributed by atoms with Gasteiger partial charge in [0.1, 0.15) is 8.07 Å². The highest BCUT2D eigenvalue weighted by Gasteiger charge is 2.39. The lowest BCUT2D eigenvalue weighted by atomic mass is 9.99. The maximum absolute atomic E-state index is 2.54. The van der Waals surface area contributed by atoms with Crippen molar-refractivity contribution in [3.63, 3.8) is 0 Å². The van der Waals surface area contributed by atoms with Crippen molar-refractivity contribution in [3.8, 4) is 22.3 Å². The first-order chi connectivity index (χ1) is 25.5. The Morgan fingerprint density at radius 1 is 0.423 bits per heavy atom. The van der Waals surface area contributed by atoms with Gasteiger partial charge in [0.25, 0.3) is 0 Å². The summed E-state index contributed by atoms with van der Waals surface area (Å²) in [7, 11) is -2.00. The van der Waals surface area contributed by atoms with E-state index in [-0.39, 0.29) is 0 Å². The van der Waals surface area contributed by atoms with Crippen molar-refractivity contribution < 1.29 is 0 Å². The molecule has 8 aromatic carbocycles. The monoisotopic (exact) mass is 715 g/mol. The van der Waals surface area contributed by atoms with Gasteiger partial charge >= 0.3 is 0 Å². The van der Waals surface area contributed by atoms with Crippen LogP contribution in [0.4, 0.5) is 17.1 Å². The van der Waals surface area contributed by atoms with Crippen molar-refractivity contribution in [2.75, 3.05) is 4.90 Å². The molecule has 4 heteroatoms. The Morgan fingerprint density at radius 3 is 1.90 bits per heavy atom. The summed E-state index contributed by atoms with van der Waals surface area (Å²) >= 11 is 3.79. The molecule has 0 spiro atoms. The highest BCUT2D eigenvalue weighted by molar-refractivity contribution is 7.26. The van der Waals surface area contributed by atoms with Crippen LogP contribution in [0.15, 0.2) is 164 Å². The molecule has 1 aliphatic heterocycles. The van der Waals surface area contributed by atoms with Gasteiger partial charge in [-0.1, -0.05) is 116 Å². The van der Waals surface area contributed by atoms with Gasteiger partial charge in [0.2, 0.25) is 0 Å². The largest absolute Gasteiger partial charge is 0.310 e. The third kappa shape index (κ3) is 4.45. The molecular formula is C48H33NS2Si. The number of thiophene rings is 2. The molecule has 0 aliphatic carbocycles. The molecule has 0 saturated heterocycles. The quantitative estimate of drug-likeness (QED) is 0.164. The summed E-state index contributed by atoms with van der Waals surface area (Å²) < 4.78 is 5.39. The second-order valence-electron chi connectivity index (χ2n) is 14.5. The Morgan fingerprint density at radius 2 is 1.06 bits per heavy atom. The van der Waals surface area contributed by atoms with Crippen molar-refractivity contribution in [2.45, 2.75) is 13.1 Å². The number of rotatable bonds is 4. The topological polar surface area (TPSA) is 3.24 Å². The molecule has 1 nitrogen and oxygen atoms in total. The van der Waals surface area contributed by atoms with Gasteiger partial charge in [-0.05, 0) is 104 Å². The lowest BCUT2D eigenvalue weighted by Crippen LogP contribution is -2.49. The minimum Gasteiger partial charge on any atom is -0.310 e. The average Bonchev–Trinajstić information content (AvgIpc) is 3.82. The van der Waals surface area contributed by atoms with E-state index in [0.29, 0.717) is 0 Å². The number of nitrogens with zero attached hydrogens (tertiary/aromatic N) is 1. The first-order valence-electron chi connectivity index (χ1n) is 17.9. The molecule has 0 radical (unpaired) electrons. The maximum atomic E-state index is 2.54. The molecule has 0 atom stereocenters. The first-order valence-corrected chi connectivity index (χ1v) is 22.5. The van der Waals surface area contributed by atoms with E-state index in [9.17, 15) is 0 Å². The van der Waals surface area contributed by atoms with Crippen LogP contribution >= 0.6 is 22.7 Å². The highest BCUT2D eigenvalue weighted by atomic mass is 32.1. The van der Waals surface area contributed by atoms with Crippen molar-refractivity contribution in [1.82, 2.24) is 0 Å². The van der Waals surface area contributed by atoms with Gasteiger partial charge in [0.15, 0.2) is 0 Å². The van der Waals surface area contributed by atoms with Gasteiger partial charge in [-0.15, -0.1) is 22.7 Å². The second-order valence-corrected chi connectivity index (χ2v) is 21.0. The maximum Gasteiger partial charge on any atom is 0.113 e. The smallest absolute Gasteiger partial charge is 0.113 e. The Hall–Kier alpha value is -5.52. The zero-order valence-corrected chi connectivity index (χ0v) is 31.5. The van der Waals surface area contributed by atoms with Gasteiger partial charge in [0.05, 0.1) is 0 Å². The van der Waals surface area contributed by atoms with E-state index in [1.165, 1.54) is 89.9 Å². The Bertz CT molecular complexity index is 3060. The van der Waals surface area contributed by atoms with E-state index in [0.717, 1.165) is 5.69 Å². The summed E-state index contributed by atoms with van der Waals surface area (Å²) in [4.78, 5) is 2.47. The molecule has 0 saturated carbocycles. The minimum absolute atomic E-state index is 1.16. The van der Waals surface area contributed by atoms with Crippen LogP contribution in [-0.2, 0) is 0 Å². The van der Waals surface area contributed by atoms with Gasteiger partial charge in [-0.3, -0.25) is 0 Å². The molecule has 0 unspecified atom stereocenters. The molecule has 52 heavy (non-hydrogen) atoms. The second kappa shape index (κ2) is 11.2. The summed E-state index contributed by atoms with van der Waals surface area (Å²) in [5, 5.41) is 11.1. The van der Waals surface area contributed by atoms with Crippen LogP contribution in [0.1, 0.15) is 0 Å². The minimum atomic E-state index is -2.00. The molecule has 0 amide bonds. The molecule has 11 rings (SSSR count). The van der Waals surface area contributed by atoms with E-state index in [1.54, 1.807) is 5.19 Å². The fourth-order valence-electron chi connectivity index (χ4n) is 8.64. The van der Waals surface area contributed by atoms with E-state index < -0.39 is 8.07 Å². The summed E-state index contributed by atoms with van der Waals surface area (Å²) in [5.41, 5.74) is 8.88. The molecule has 10 aromatic rings. The van der Waals surface area contributed by atoms with Gasteiger partial charge in [-0.25, -0.2) is 0 Å². The summed E-state index contributed by atoms with van der Waals surface area (Å²) in [6, 6.07) is 61.4. The van der Waals surface area contributed by atoms with Gasteiger partial charge in [0, 0.05) is 57.4 Å². The van der Waals surface area contributed by atoms with Gasteiger partial charge in [-0.2, -0.15) is 0 Å². The van der Waals surface area contributed by atoms with Crippen molar-refractivity contribution in [2.24, 2.45) is 0 Å². The summed E-state index contributed by atoms with van der Waals surface area (Å²) in [6.45, 7) is 5.07. The molecule has 0 fully saturated rings. The molecule has 0 bridgehead atoms. The van der Waals surface area contributed by atoms with Crippen molar-refractivity contribution >= 4 is 109 Å². The molecular weight excluding hydrogens is 683 g/mol. The standard InChI is InChI=1S/C48H33NS2Si/c1-52(2)45-26-25-43-47(39-12-6-8-14-42(39)50-43)48(45)40-24-22-36(29-46(40)52)49(35-21-23-38-37-11-5-7-13-41(37)51-44(38)28-35)34-19-17-31(18-20-34)33-16-15-30-9-3-4-10-32(30)27-33/h3-29H,1-2H3. The number of hydrogen-bond donors (Lipinski definition) is 0. The number of anilines is 3. The SMILES string of the molecule is C[Si]1(C)c2cc(N(c3ccc(-c4ccc5ccccc5c4)cc3)c3ccc4c(c3)sc3ccccc34)ccc2-c2c1ccc1sc3ccccc3c21. The third-order valence-electron chi connectivity index (χ3n) is 11.2. The van der Waals surface area contributed by atoms with Crippen LogP contribution in [-0.4, -0.2) is 8.07 Å². The van der Waals surface area contributed by atoms with Crippen LogP contribution in [0.3, 0.4) is 0 Å². The van der Waals surface area contributed by atoms with Crippen molar-refractivity contribution in [3.05, 3.63) is 164 Å². The van der Waals surface area contributed by atoms with Crippen LogP contribution < -0.4 is 15.3 Å².